The van der Waals surface area contributed by atoms with Gasteiger partial charge < -0.3 is 10.5 Å². The van der Waals surface area contributed by atoms with E-state index in [9.17, 15) is 9.59 Å². The van der Waals surface area contributed by atoms with E-state index in [1.54, 1.807) is 12.1 Å². The molecule has 0 radical (unpaired) electrons. The van der Waals surface area contributed by atoms with Crippen LogP contribution in [0, 0.1) is 11.3 Å². The first-order valence-electron chi connectivity index (χ1n) is 7.11. The van der Waals surface area contributed by atoms with Crippen LogP contribution in [-0.2, 0) is 14.3 Å². The Labute approximate surface area is 138 Å². The number of nitriles is 1. The third kappa shape index (κ3) is 4.27. The van der Waals surface area contributed by atoms with E-state index in [1.165, 1.54) is 19.1 Å². The summed E-state index contributed by atoms with van der Waals surface area (Å²) in [5.74, 6) is -1.34. The standard InChI is InChI=1S/C18H15N3O3/c1-12(20)15(10-19)17(22)11-24-18(23)9-8-14-7-6-13-4-2-3-5-16(13)21-14/h2-9H,11,20H2,1H3/b9-8+,15-12-. The average Bonchev–Trinajstić information content (AvgIpc) is 2.58. The fourth-order valence-electron chi connectivity index (χ4n) is 1.96. The third-order valence-corrected chi connectivity index (χ3v) is 3.14. The Morgan fingerprint density at radius 1 is 1.29 bits per heavy atom. The van der Waals surface area contributed by atoms with Gasteiger partial charge in [-0.25, -0.2) is 9.78 Å². The molecule has 0 aliphatic rings. The molecule has 0 fully saturated rings. The summed E-state index contributed by atoms with van der Waals surface area (Å²) in [4.78, 5) is 27.7. The number of esters is 1. The summed E-state index contributed by atoms with van der Waals surface area (Å²) >= 11 is 0. The fourth-order valence-corrected chi connectivity index (χ4v) is 1.96. The van der Waals surface area contributed by atoms with Crippen molar-refractivity contribution in [3.63, 3.8) is 0 Å². The fraction of sp³-hybridized carbons (Fsp3) is 0.111. The quantitative estimate of drug-likeness (QED) is 0.513. The zero-order valence-corrected chi connectivity index (χ0v) is 13.0. The molecule has 1 aromatic heterocycles. The number of hydrogen-bond acceptors (Lipinski definition) is 6. The van der Waals surface area contributed by atoms with Crippen LogP contribution in [0.3, 0.4) is 0 Å². The number of aromatic nitrogens is 1. The molecule has 0 aliphatic carbocycles. The number of ether oxygens (including phenoxy) is 1. The molecule has 1 heterocycles. The van der Waals surface area contributed by atoms with Gasteiger partial charge in [-0.15, -0.1) is 0 Å². The first-order valence-corrected chi connectivity index (χ1v) is 7.11. The Morgan fingerprint density at radius 3 is 2.75 bits per heavy atom. The number of rotatable bonds is 5. The molecule has 0 amide bonds. The van der Waals surface area contributed by atoms with E-state index in [1.807, 2.05) is 30.3 Å². The number of allylic oxidation sites excluding steroid dienone is 1. The summed E-state index contributed by atoms with van der Waals surface area (Å²) in [6.07, 6.45) is 2.67. The van der Waals surface area contributed by atoms with Crippen molar-refractivity contribution in [2.24, 2.45) is 5.73 Å². The van der Waals surface area contributed by atoms with Gasteiger partial charge in [-0.05, 0) is 25.1 Å². The van der Waals surface area contributed by atoms with E-state index in [2.05, 4.69) is 4.98 Å². The highest BCUT2D eigenvalue weighted by molar-refractivity contribution is 6.01. The van der Waals surface area contributed by atoms with Crippen LogP contribution in [0.15, 0.2) is 53.7 Å². The molecule has 0 unspecified atom stereocenters. The maximum Gasteiger partial charge on any atom is 0.331 e. The molecule has 0 saturated heterocycles. The minimum absolute atomic E-state index is 0.0921. The zero-order valence-electron chi connectivity index (χ0n) is 13.0. The molecule has 2 rings (SSSR count). The number of hydrogen-bond donors (Lipinski definition) is 1. The number of carbonyl (C=O) groups excluding carboxylic acids is 2. The second-order valence-electron chi connectivity index (χ2n) is 4.96. The Bertz CT molecular complexity index is 888. The lowest BCUT2D eigenvalue weighted by Crippen LogP contribution is -2.16. The van der Waals surface area contributed by atoms with Crippen LogP contribution < -0.4 is 5.73 Å². The van der Waals surface area contributed by atoms with E-state index in [0.29, 0.717) is 5.69 Å². The van der Waals surface area contributed by atoms with Crippen LogP contribution in [0.4, 0.5) is 0 Å². The van der Waals surface area contributed by atoms with Gasteiger partial charge in [0, 0.05) is 17.2 Å². The van der Waals surface area contributed by atoms with Crippen LogP contribution in [0.25, 0.3) is 17.0 Å². The molecule has 0 saturated carbocycles. The zero-order chi connectivity index (χ0) is 17.5. The van der Waals surface area contributed by atoms with Gasteiger partial charge in [-0.2, -0.15) is 5.26 Å². The molecular weight excluding hydrogens is 306 g/mol. The number of fused-ring (bicyclic) bond motifs is 1. The van der Waals surface area contributed by atoms with Crippen molar-refractivity contribution in [1.29, 1.82) is 5.26 Å². The minimum Gasteiger partial charge on any atom is -0.454 e. The number of ketones is 1. The minimum atomic E-state index is -0.703. The van der Waals surface area contributed by atoms with E-state index in [0.717, 1.165) is 10.9 Å². The normalized spacial score (nSPS) is 11.8. The molecule has 2 N–H and O–H groups in total. The van der Waals surface area contributed by atoms with Gasteiger partial charge in [0.05, 0.1) is 11.2 Å². The molecule has 0 atom stereocenters. The number of Topliss-reactive ketones (excluding diaryl/α,β-unsaturated/α-hetero) is 1. The van der Waals surface area contributed by atoms with Gasteiger partial charge in [0.2, 0.25) is 5.78 Å². The number of nitrogens with zero attached hydrogens (tertiary/aromatic N) is 2. The van der Waals surface area contributed by atoms with Crippen molar-refractivity contribution in [2.45, 2.75) is 6.92 Å². The van der Waals surface area contributed by atoms with Crippen molar-refractivity contribution >= 4 is 28.7 Å². The highest BCUT2D eigenvalue weighted by Gasteiger charge is 2.13. The maximum atomic E-state index is 11.7. The first kappa shape index (κ1) is 16.9. The molecule has 0 spiro atoms. The van der Waals surface area contributed by atoms with Crippen LogP contribution >= 0.6 is 0 Å². The summed E-state index contributed by atoms with van der Waals surface area (Å²) in [7, 11) is 0. The van der Waals surface area contributed by atoms with Crippen LogP contribution in [0.2, 0.25) is 0 Å². The molecule has 0 bridgehead atoms. The largest absolute Gasteiger partial charge is 0.454 e. The summed E-state index contributed by atoms with van der Waals surface area (Å²) in [5, 5.41) is 9.80. The molecule has 24 heavy (non-hydrogen) atoms. The molecule has 2 aromatic rings. The molecule has 6 nitrogen and oxygen atoms in total. The lowest BCUT2D eigenvalue weighted by molar-refractivity contribution is -0.141. The van der Waals surface area contributed by atoms with Crippen molar-refractivity contribution in [1.82, 2.24) is 4.98 Å². The summed E-state index contributed by atoms with van der Waals surface area (Å²) in [6, 6.07) is 13.0. The Morgan fingerprint density at radius 2 is 2.04 bits per heavy atom. The lowest BCUT2D eigenvalue weighted by Gasteiger charge is -2.02. The first-order chi connectivity index (χ1) is 11.5. The molecule has 1 aromatic carbocycles. The summed E-state index contributed by atoms with van der Waals surface area (Å²) in [5.41, 5.74) is 6.70. The van der Waals surface area contributed by atoms with Gasteiger partial charge in [-0.1, -0.05) is 24.3 Å². The predicted molar refractivity (Wildman–Crippen MR) is 89.2 cm³/mol. The van der Waals surface area contributed by atoms with Gasteiger partial charge >= 0.3 is 5.97 Å². The van der Waals surface area contributed by atoms with Gasteiger partial charge in [0.25, 0.3) is 0 Å². The number of carbonyl (C=O) groups is 2. The second kappa shape index (κ2) is 7.70. The van der Waals surface area contributed by atoms with Crippen molar-refractivity contribution in [3.8, 4) is 6.07 Å². The number of pyridine rings is 1. The SMILES string of the molecule is C/C(N)=C(\C#N)C(=O)COC(=O)/C=C/c1ccc2ccccc2n1. The Balaban J connectivity index is 1.98. The van der Waals surface area contributed by atoms with Gasteiger partial charge in [-0.3, -0.25) is 4.79 Å². The highest BCUT2D eigenvalue weighted by Crippen LogP contribution is 2.12. The van der Waals surface area contributed by atoms with Crippen molar-refractivity contribution < 1.29 is 14.3 Å². The predicted octanol–water partition coefficient (Wildman–Crippen LogP) is 2.12. The van der Waals surface area contributed by atoms with Crippen molar-refractivity contribution in [3.05, 3.63) is 59.4 Å². The number of para-hydroxylation sites is 1. The maximum absolute atomic E-state index is 11.7. The van der Waals surface area contributed by atoms with E-state index < -0.39 is 18.4 Å². The molecule has 0 aliphatic heterocycles. The summed E-state index contributed by atoms with van der Waals surface area (Å²) in [6.45, 7) is 0.898. The number of nitrogens with two attached hydrogens (primary N) is 1. The summed E-state index contributed by atoms with van der Waals surface area (Å²) < 4.78 is 4.80. The molecule has 120 valence electrons. The highest BCUT2D eigenvalue weighted by atomic mass is 16.5. The monoisotopic (exact) mass is 321 g/mol. The second-order valence-corrected chi connectivity index (χ2v) is 4.96. The lowest BCUT2D eigenvalue weighted by atomic mass is 10.1. The molecule has 6 heteroatoms. The molecular formula is C18H15N3O3. The van der Waals surface area contributed by atoms with Gasteiger partial charge in [0.15, 0.2) is 6.61 Å². The van der Waals surface area contributed by atoms with Gasteiger partial charge in [0.1, 0.15) is 11.6 Å². The smallest absolute Gasteiger partial charge is 0.331 e. The van der Waals surface area contributed by atoms with Crippen molar-refractivity contribution in [2.75, 3.05) is 6.61 Å². The van der Waals surface area contributed by atoms with E-state index in [4.69, 9.17) is 15.7 Å². The van der Waals surface area contributed by atoms with E-state index >= 15 is 0 Å². The van der Waals surface area contributed by atoms with Crippen LogP contribution in [0.1, 0.15) is 12.6 Å². The third-order valence-electron chi connectivity index (χ3n) is 3.14. The van der Waals surface area contributed by atoms with Crippen LogP contribution in [-0.4, -0.2) is 23.3 Å². The topological polar surface area (TPSA) is 106 Å². The average molecular weight is 321 g/mol. The Hall–Kier alpha value is -3.46. The Kier molecular flexibility index (Phi) is 5.42. The van der Waals surface area contributed by atoms with E-state index in [-0.39, 0.29) is 11.3 Å². The van der Waals surface area contributed by atoms with Crippen LogP contribution in [0.5, 0.6) is 0 Å². The number of benzene rings is 1.